The zero-order valence-electron chi connectivity index (χ0n) is 14.9. The van der Waals surface area contributed by atoms with E-state index in [2.05, 4.69) is 15.7 Å². The van der Waals surface area contributed by atoms with Crippen LogP contribution in [0.25, 0.3) is 11.1 Å². The second-order valence-electron chi connectivity index (χ2n) is 6.60. The smallest absolute Gasteiger partial charge is 0.251 e. The fourth-order valence-electron chi connectivity index (χ4n) is 3.18. The van der Waals surface area contributed by atoms with Crippen LogP contribution >= 0.6 is 23.2 Å². The van der Waals surface area contributed by atoms with Crippen molar-refractivity contribution in [2.24, 2.45) is 0 Å². The van der Waals surface area contributed by atoms with Crippen LogP contribution in [0.1, 0.15) is 18.0 Å². The lowest BCUT2D eigenvalue weighted by Crippen LogP contribution is -2.23. The Morgan fingerprint density at radius 3 is 2.82 bits per heavy atom. The van der Waals surface area contributed by atoms with Crippen molar-refractivity contribution in [2.75, 3.05) is 10.6 Å². The third kappa shape index (κ3) is 3.48. The summed E-state index contributed by atoms with van der Waals surface area (Å²) in [6, 6.07) is 11.9. The van der Waals surface area contributed by atoms with Crippen molar-refractivity contribution < 1.29 is 9.59 Å². The van der Waals surface area contributed by atoms with Gasteiger partial charge in [0, 0.05) is 10.6 Å². The molecule has 0 radical (unpaired) electrons. The zero-order valence-corrected chi connectivity index (χ0v) is 16.4. The molecule has 0 saturated heterocycles. The Hall–Kier alpha value is -2.83. The summed E-state index contributed by atoms with van der Waals surface area (Å²) in [4.78, 5) is 24.9. The van der Waals surface area contributed by atoms with Crippen LogP contribution in [-0.4, -0.2) is 21.6 Å². The largest absolute Gasteiger partial charge is 0.325 e. The molecule has 142 valence electrons. The number of aromatic nitrogens is 2. The Kier molecular flexibility index (Phi) is 4.83. The Labute approximate surface area is 171 Å². The normalized spacial score (nSPS) is 15.2. The Morgan fingerprint density at radius 1 is 1.25 bits per heavy atom. The van der Waals surface area contributed by atoms with Crippen LogP contribution in [0, 0.1) is 6.92 Å². The second kappa shape index (κ2) is 7.30. The summed E-state index contributed by atoms with van der Waals surface area (Å²) in [6.45, 7) is 1.91. The molecule has 1 aliphatic heterocycles. The zero-order chi connectivity index (χ0) is 19.8. The minimum atomic E-state index is -0.729. The monoisotopic (exact) mass is 414 g/mol. The van der Waals surface area contributed by atoms with Crippen molar-refractivity contribution >= 4 is 46.5 Å². The molecule has 1 unspecified atom stereocenters. The number of rotatable bonds is 4. The van der Waals surface area contributed by atoms with Gasteiger partial charge in [0.15, 0.2) is 0 Å². The number of hydrogen-bond donors (Lipinski definition) is 2. The average Bonchev–Trinajstić information content (AvgIpc) is 3.17. The van der Waals surface area contributed by atoms with Gasteiger partial charge in [0.2, 0.25) is 5.91 Å². The third-order valence-corrected chi connectivity index (χ3v) is 5.10. The number of aryl methyl sites for hydroxylation is 1. The van der Waals surface area contributed by atoms with Crippen LogP contribution in [0.3, 0.4) is 0 Å². The van der Waals surface area contributed by atoms with Gasteiger partial charge in [-0.2, -0.15) is 5.10 Å². The molecule has 2 amide bonds. The molecule has 1 aromatic heterocycles. The number of fused-ring (bicyclic) bond motifs is 1. The summed E-state index contributed by atoms with van der Waals surface area (Å²) in [5.41, 5.74) is 3.09. The molecular weight excluding hydrogens is 399 g/mol. The van der Waals surface area contributed by atoms with Crippen molar-refractivity contribution in [1.29, 1.82) is 0 Å². The highest BCUT2D eigenvalue weighted by atomic mass is 35.5. The lowest BCUT2D eigenvalue weighted by Gasteiger charge is -2.11. The van der Waals surface area contributed by atoms with Gasteiger partial charge in [0.1, 0.15) is 11.9 Å². The van der Waals surface area contributed by atoms with E-state index in [0.717, 1.165) is 16.7 Å². The number of carbonyl (C=O) groups excluding carboxylic acids is 2. The Balaban J connectivity index is 1.54. The first-order valence-electron chi connectivity index (χ1n) is 8.62. The molecule has 1 aliphatic rings. The highest BCUT2D eigenvalue weighted by Gasteiger charge is 2.35. The molecule has 2 aromatic carbocycles. The van der Waals surface area contributed by atoms with E-state index in [0.29, 0.717) is 21.6 Å². The first-order chi connectivity index (χ1) is 13.4. The van der Waals surface area contributed by atoms with Crippen molar-refractivity contribution in [1.82, 2.24) is 9.78 Å². The summed E-state index contributed by atoms with van der Waals surface area (Å²) in [5.74, 6) is -0.0477. The topological polar surface area (TPSA) is 76.0 Å². The number of benzene rings is 2. The highest BCUT2D eigenvalue weighted by Crippen LogP contribution is 2.36. The van der Waals surface area contributed by atoms with Crippen LogP contribution in [0.5, 0.6) is 0 Å². The van der Waals surface area contributed by atoms with Gasteiger partial charge in [0.25, 0.3) is 5.91 Å². The molecule has 0 spiro atoms. The maximum Gasteiger partial charge on any atom is 0.251 e. The maximum atomic E-state index is 12.5. The number of amides is 2. The summed E-state index contributed by atoms with van der Waals surface area (Å²) in [6.07, 6.45) is 1.60. The molecule has 6 nitrogen and oxygen atoms in total. The van der Waals surface area contributed by atoms with Crippen LogP contribution in [0.2, 0.25) is 10.0 Å². The predicted molar refractivity (Wildman–Crippen MR) is 110 cm³/mol. The van der Waals surface area contributed by atoms with Crippen LogP contribution < -0.4 is 10.6 Å². The molecular formula is C20H16Cl2N4O2. The van der Waals surface area contributed by atoms with E-state index < -0.39 is 6.04 Å². The maximum absolute atomic E-state index is 12.5. The van der Waals surface area contributed by atoms with E-state index in [4.69, 9.17) is 23.2 Å². The molecule has 3 aromatic rings. The van der Waals surface area contributed by atoms with Crippen LogP contribution in [-0.2, 0) is 9.59 Å². The van der Waals surface area contributed by atoms with Gasteiger partial charge >= 0.3 is 0 Å². The first-order valence-corrected chi connectivity index (χ1v) is 9.38. The molecule has 0 fully saturated rings. The van der Waals surface area contributed by atoms with E-state index >= 15 is 0 Å². The molecule has 0 aliphatic carbocycles. The van der Waals surface area contributed by atoms with E-state index in [1.165, 1.54) is 4.68 Å². The van der Waals surface area contributed by atoms with Gasteiger partial charge in [-0.25, -0.2) is 4.68 Å². The lowest BCUT2D eigenvalue weighted by atomic mass is 10.1. The molecule has 0 saturated carbocycles. The Bertz CT molecular complexity index is 1090. The molecule has 28 heavy (non-hydrogen) atoms. The van der Waals surface area contributed by atoms with Gasteiger partial charge in [-0.1, -0.05) is 41.4 Å². The van der Waals surface area contributed by atoms with Crippen LogP contribution in [0.4, 0.5) is 11.5 Å². The van der Waals surface area contributed by atoms with E-state index in [1.54, 1.807) is 30.5 Å². The number of nitrogens with zero attached hydrogens (tertiary/aromatic N) is 2. The SMILES string of the molecule is Cc1ccc(NC(=O)CC2C(=O)Nc3c(-c4cccc(Cl)c4)cnn32)c(Cl)c1. The van der Waals surface area contributed by atoms with Gasteiger partial charge in [-0.05, 0) is 42.3 Å². The molecule has 1 atom stereocenters. The molecule has 4 rings (SSSR count). The molecule has 0 bridgehead atoms. The fourth-order valence-corrected chi connectivity index (χ4v) is 3.65. The second-order valence-corrected chi connectivity index (χ2v) is 7.45. The number of hydrogen-bond acceptors (Lipinski definition) is 3. The summed E-state index contributed by atoms with van der Waals surface area (Å²) in [7, 11) is 0. The van der Waals surface area contributed by atoms with Crippen molar-refractivity contribution in [3.05, 3.63) is 64.3 Å². The van der Waals surface area contributed by atoms with Crippen molar-refractivity contribution in [2.45, 2.75) is 19.4 Å². The Morgan fingerprint density at radius 2 is 2.07 bits per heavy atom. The van der Waals surface area contributed by atoms with Crippen molar-refractivity contribution in [3.63, 3.8) is 0 Å². The van der Waals surface area contributed by atoms with Crippen molar-refractivity contribution in [3.8, 4) is 11.1 Å². The third-order valence-electron chi connectivity index (χ3n) is 4.55. The predicted octanol–water partition coefficient (Wildman–Crippen LogP) is 4.69. The van der Waals surface area contributed by atoms with E-state index in [9.17, 15) is 9.59 Å². The highest BCUT2D eigenvalue weighted by molar-refractivity contribution is 6.33. The minimum absolute atomic E-state index is 0.0558. The van der Waals surface area contributed by atoms with E-state index in [1.807, 2.05) is 25.1 Å². The number of halogens is 2. The molecule has 2 heterocycles. The van der Waals surface area contributed by atoms with E-state index in [-0.39, 0.29) is 18.2 Å². The van der Waals surface area contributed by atoms with Crippen LogP contribution in [0.15, 0.2) is 48.7 Å². The lowest BCUT2D eigenvalue weighted by molar-refractivity contribution is -0.123. The average molecular weight is 415 g/mol. The number of anilines is 2. The summed E-state index contributed by atoms with van der Waals surface area (Å²) < 4.78 is 1.54. The van der Waals surface area contributed by atoms with Gasteiger partial charge < -0.3 is 10.6 Å². The first kappa shape index (κ1) is 18.5. The summed E-state index contributed by atoms with van der Waals surface area (Å²) >= 11 is 12.2. The van der Waals surface area contributed by atoms with Gasteiger partial charge in [-0.15, -0.1) is 0 Å². The number of carbonyl (C=O) groups is 2. The summed E-state index contributed by atoms with van der Waals surface area (Å²) in [5, 5.41) is 10.9. The minimum Gasteiger partial charge on any atom is -0.325 e. The molecule has 8 heteroatoms. The number of nitrogens with one attached hydrogen (secondary N) is 2. The molecule has 2 N–H and O–H groups in total. The van der Waals surface area contributed by atoms with Gasteiger partial charge in [-0.3, -0.25) is 9.59 Å². The quantitative estimate of drug-likeness (QED) is 0.649. The fraction of sp³-hybridized carbons (Fsp3) is 0.150. The standard InChI is InChI=1S/C20H16Cl2N4O2/c1-11-5-6-16(15(22)7-11)24-18(27)9-17-20(28)25-19-14(10-23-26(17)19)12-3-2-4-13(21)8-12/h2-8,10,17H,9H2,1H3,(H,24,27)(H,25,28). The van der Waals surface area contributed by atoms with Gasteiger partial charge in [0.05, 0.1) is 23.3 Å².